The van der Waals surface area contributed by atoms with Crippen molar-refractivity contribution in [2.24, 2.45) is 0 Å². The van der Waals surface area contributed by atoms with Crippen LogP contribution in [-0.4, -0.2) is 23.7 Å². The Balaban J connectivity index is 1.83. The van der Waals surface area contributed by atoms with Gasteiger partial charge in [0.15, 0.2) is 18.1 Å². The molecule has 4 rings (SSSR count). The highest BCUT2D eigenvalue weighted by molar-refractivity contribution is 6.00. The molecule has 122 valence electrons. The van der Waals surface area contributed by atoms with Crippen LogP contribution in [0.5, 0.6) is 0 Å². The van der Waals surface area contributed by atoms with Crippen LogP contribution in [0.3, 0.4) is 0 Å². The van der Waals surface area contributed by atoms with Gasteiger partial charge in [-0.05, 0) is 18.2 Å². The molecule has 2 aliphatic rings. The van der Waals surface area contributed by atoms with Crippen molar-refractivity contribution in [3.63, 3.8) is 0 Å². The molecule has 2 unspecified atom stereocenters. The third-order valence-corrected chi connectivity index (χ3v) is 4.10. The number of nitrogens with zero attached hydrogens (tertiary/aromatic N) is 2. The van der Waals surface area contributed by atoms with Crippen LogP contribution in [0.4, 0.5) is 11.4 Å². The molecule has 1 saturated heterocycles. The largest absolute Gasteiger partial charge is 0.628 e. The summed E-state index contributed by atoms with van der Waals surface area (Å²) in [6.45, 7) is 0.940. The molecule has 0 amide bonds. The third kappa shape index (κ3) is 2.19. The van der Waals surface area contributed by atoms with E-state index in [1.807, 2.05) is 6.07 Å². The normalized spacial score (nSPS) is 24.0. The molecular weight excluding hydrogens is 314 g/mol. The lowest BCUT2D eigenvalue weighted by Crippen LogP contribution is -3.04. The maximum absolute atomic E-state index is 12.8. The molecule has 8 heteroatoms. The average molecular weight is 327 g/mol. The first-order valence-electron chi connectivity index (χ1n) is 7.39. The van der Waals surface area contributed by atoms with Gasteiger partial charge in [-0.15, -0.1) is 4.74 Å². The van der Waals surface area contributed by atoms with Crippen LogP contribution >= 0.6 is 0 Å². The second-order valence-corrected chi connectivity index (χ2v) is 5.45. The Morgan fingerprint density at radius 1 is 1.25 bits per heavy atom. The van der Waals surface area contributed by atoms with Crippen molar-refractivity contribution < 1.29 is 23.7 Å². The number of nitrogens with one attached hydrogen (secondary N) is 1. The van der Waals surface area contributed by atoms with E-state index in [1.165, 1.54) is 12.3 Å². The van der Waals surface area contributed by atoms with Crippen molar-refractivity contribution in [3.8, 4) is 6.07 Å². The fourth-order valence-electron chi connectivity index (χ4n) is 2.98. The van der Waals surface area contributed by atoms with Crippen molar-refractivity contribution in [2.75, 3.05) is 13.2 Å². The summed E-state index contributed by atoms with van der Waals surface area (Å²) in [5.74, 6) is 0.273. The van der Waals surface area contributed by atoms with E-state index in [9.17, 15) is 15.7 Å². The van der Waals surface area contributed by atoms with Crippen LogP contribution in [0.1, 0.15) is 23.7 Å². The van der Waals surface area contributed by atoms with Gasteiger partial charge in [0.05, 0.1) is 19.5 Å². The van der Waals surface area contributed by atoms with Gasteiger partial charge in [0.2, 0.25) is 11.7 Å². The number of nitriles is 1. The lowest BCUT2D eigenvalue weighted by Gasteiger charge is -2.32. The summed E-state index contributed by atoms with van der Waals surface area (Å²) in [6.07, 6.45) is 0.840. The van der Waals surface area contributed by atoms with E-state index < -0.39 is 12.3 Å². The zero-order valence-corrected chi connectivity index (χ0v) is 12.5. The van der Waals surface area contributed by atoms with Crippen molar-refractivity contribution >= 4 is 17.1 Å². The molecule has 2 atom stereocenters. The van der Waals surface area contributed by atoms with Gasteiger partial charge in [-0.25, -0.2) is 0 Å². The van der Waals surface area contributed by atoms with Crippen LogP contribution in [-0.2, 0) is 9.47 Å². The first-order chi connectivity index (χ1) is 11.7. The highest BCUT2D eigenvalue weighted by Gasteiger charge is 2.42. The molecule has 2 aliphatic heterocycles. The van der Waals surface area contributed by atoms with E-state index in [4.69, 9.17) is 13.9 Å². The maximum atomic E-state index is 12.8. The van der Waals surface area contributed by atoms with Gasteiger partial charge >= 0.3 is 5.71 Å². The number of quaternary nitrogens is 1. The predicted octanol–water partition coefficient (Wildman–Crippen LogP) is 1.20. The summed E-state index contributed by atoms with van der Waals surface area (Å²) in [6, 6.07) is 8.79. The van der Waals surface area contributed by atoms with Gasteiger partial charge in [-0.3, -0.25) is 0 Å². The summed E-state index contributed by atoms with van der Waals surface area (Å²) in [7, 11) is 0. The Bertz CT molecular complexity index is 834. The van der Waals surface area contributed by atoms with Gasteiger partial charge < -0.3 is 29.4 Å². The molecule has 1 aromatic heterocycles. The number of benzene rings is 1. The van der Waals surface area contributed by atoms with Crippen molar-refractivity contribution in [3.05, 3.63) is 58.3 Å². The Labute approximate surface area is 136 Å². The summed E-state index contributed by atoms with van der Waals surface area (Å²) >= 11 is 0. The minimum Gasteiger partial charge on any atom is -0.628 e. The molecule has 1 aromatic carbocycles. The molecule has 24 heavy (non-hydrogen) atoms. The Kier molecular flexibility index (Phi) is 3.55. The molecule has 8 nitrogen and oxygen atoms in total. The fraction of sp³-hybridized carbons (Fsp3) is 0.250. The molecular formula is C16H13N3O5. The molecule has 0 radical (unpaired) electrons. The highest BCUT2D eigenvalue weighted by Crippen LogP contribution is 2.33. The lowest BCUT2D eigenvalue weighted by molar-refractivity contribution is -0.810. The lowest BCUT2D eigenvalue weighted by atomic mass is 10.0. The second kappa shape index (κ2) is 5.74. The maximum Gasteiger partial charge on any atom is 0.338 e. The Hall–Kier alpha value is -2.70. The Morgan fingerprint density at radius 2 is 2.04 bits per heavy atom. The zero-order valence-electron chi connectivity index (χ0n) is 12.5. The molecule has 0 spiro atoms. The number of hydroxylamine groups is 1. The number of furan rings is 1. The quantitative estimate of drug-likeness (QED) is 0.656. The first kappa shape index (κ1) is 14.9. The molecule has 0 aliphatic carbocycles. The summed E-state index contributed by atoms with van der Waals surface area (Å²) in [4.78, 5) is 0. The summed E-state index contributed by atoms with van der Waals surface area (Å²) in [5.41, 5.74) is 0.782. The van der Waals surface area contributed by atoms with E-state index in [-0.39, 0.29) is 27.9 Å². The highest BCUT2D eigenvalue weighted by atomic mass is 16.7. The zero-order chi connectivity index (χ0) is 16.7. The Morgan fingerprint density at radius 3 is 2.71 bits per heavy atom. The van der Waals surface area contributed by atoms with Crippen molar-refractivity contribution in [1.82, 2.24) is 0 Å². The van der Waals surface area contributed by atoms with Gasteiger partial charge in [0.25, 0.3) is 5.69 Å². The fourth-order valence-corrected chi connectivity index (χ4v) is 2.98. The molecule has 0 bridgehead atoms. The molecule has 1 N–H and O–H groups in total. The van der Waals surface area contributed by atoms with Crippen LogP contribution in [0.2, 0.25) is 0 Å². The number of hydrogen-bond acceptors (Lipinski definition) is 6. The molecule has 0 saturated carbocycles. The minimum absolute atomic E-state index is 0.121. The number of fused-ring (bicyclic) bond motifs is 1. The van der Waals surface area contributed by atoms with E-state index in [2.05, 4.69) is 0 Å². The minimum atomic E-state index is -1.03. The van der Waals surface area contributed by atoms with Crippen molar-refractivity contribution in [1.29, 1.82) is 5.26 Å². The van der Waals surface area contributed by atoms with Gasteiger partial charge in [0.1, 0.15) is 0 Å². The summed E-state index contributed by atoms with van der Waals surface area (Å²) < 4.78 is 16.6. The van der Waals surface area contributed by atoms with E-state index in [1.54, 1.807) is 24.3 Å². The van der Waals surface area contributed by atoms with Crippen molar-refractivity contribution in [2.45, 2.75) is 12.3 Å². The van der Waals surface area contributed by atoms with Crippen LogP contribution < -0.4 is 5.06 Å². The SMILES string of the molecule is N#CC1=[N+]([O-])c2cc(C3OCCO3)ccc2[NH+]([O-])C1c1ccco1. The molecule has 3 heterocycles. The van der Waals surface area contributed by atoms with E-state index in [0.29, 0.717) is 23.5 Å². The van der Waals surface area contributed by atoms with E-state index >= 15 is 0 Å². The molecule has 1 fully saturated rings. The predicted molar refractivity (Wildman–Crippen MR) is 80.4 cm³/mol. The van der Waals surface area contributed by atoms with Crippen LogP contribution in [0, 0.1) is 21.7 Å². The van der Waals surface area contributed by atoms with Crippen LogP contribution in [0.15, 0.2) is 41.0 Å². The standard InChI is InChI=1S/C16H13N3O5/c17-9-13-15(14-2-1-5-22-14)19(21)11-4-3-10(8-12(11)18(13)20)16-23-6-7-24-16/h1-5,8,15-16,19H,6-7H2. The number of hydrogen-bond donors (Lipinski definition) is 1. The van der Waals surface area contributed by atoms with Crippen LogP contribution in [0.25, 0.3) is 0 Å². The van der Waals surface area contributed by atoms with Gasteiger partial charge in [-0.1, -0.05) is 0 Å². The summed E-state index contributed by atoms with van der Waals surface area (Å²) in [5, 5.41) is 34.5. The second-order valence-electron chi connectivity index (χ2n) is 5.45. The topological polar surface area (TPSA) is 109 Å². The average Bonchev–Trinajstić information content (AvgIpc) is 3.30. The number of rotatable bonds is 2. The van der Waals surface area contributed by atoms with Gasteiger partial charge in [-0.2, -0.15) is 5.26 Å². The third-order valence-electron chi connectivity index (χ3n) is 4.10. The van der Waals surface area contributed by atoms with E-state index in [0.717, 1.165) is 0 Å². The molecule has 2 aromatic rings. The van der Waals surface area contributed by atoms with Gasteiger partial charge in [0, 0.05) is 17.7 Å². The number of ether oxygens (including phenoxy) is 2. The first-order valence-corrected chi connectivity index (χ1v) is 7.39. The smallest absolute Gasteiger partial charge is 0.338 e. The monoisotopic (exact) mass is 327 g/mol.